The SMILES string of the molecule is Cc1cn2nc(C3CCCCN3C(=O)c3cc(Cl)ccc3NS(C)(=O)=O)cc2nc1N1CCCC1C#N. The quantitative estimate of drug-likeness (QED) is 0.519. The normalized spacial score (nSPS) is 20.3. The molecule has 2 aromatic heterocycles. The zero-order valence-corrected chi connectivity index (χ0v) is 22.3. The van der Waals surface area contributed by atoms with Crippen LogP contribution in [-0.2, 0) is 10.0 Å². The zero-order valence-electron chi connectivity index (χ0n) is 20.7. The van der Waals surface area contributed by atoms with Crippen molar-refractivity contribution in [1.29, 1.82) is 5.26 Å². The number of benzene rings is 1. The van der Waals surface area contributed by atoms with E-state index in [9.17, 15) is 18.5 Å². The molecule has 0 aliphatic carbocycles. The van der Waals surface area contributed by atoms with Crippen LogP contribution in [0.5, 0.6) is 0 Å². The third-order valence-electron chi connectivity index (χ3n) is 6.91. The monoisotopic (exact) mass is 541 g/mol. The maximum absolute atomic E-state index is 13.8. The van der Waals surface area contributed by atoms with Gasteiger partial charge in [0.2, 0.25) is 10.0 Å². The number of rotatable bonds is 5. The van der Waals surface area contributed by atoms with E-state index in [-0.39, 0.29) is 29.2 Å². The van der Waals surface area contributed by atoms with Crippen LogP contribution in [0.15, 0.2) is 30.5 Å². The molecule has 2 aliphatic heterocycles. The first-order valence-corrected chi connectivity index (χ1v) is 14.5. The highest BCUT2D eigenvalue weighted by molar-refractivity contribution is 7.92. The minimum atomic E-state index is -3.59. The van der Waals surface area contributed by atoms with Crippen LogP contribution in [0.25, 0.3) is 5.65 Å². The molecule has 37 heavy (non-hydrogen) atoms. The molecule has 10 nitrogen and oxygen atoms in total. The molecule has 0 spiro atoms. The number of sulfonamides is 1. The maximum atomic E-state index is 13.8. The van der Waals surface area contributed by atoms with Gasteiger partial charge in [-0.2, -0.15) is 10.4 Å². The average Bonchev–Trinajstić information content (AvgIpc) is 3.49. The van der Waals surface area contributed by atoms with Crippen LogP contribution in [0.1, 0.15) is 59.8 Å². The Bertz CT molecular complexity index is 1510. The van der Waals surface area contributed by atoms with E-state index in [1.807, 2.05) is 24.1 Å². The molecule has 2 aliphatic rings. The highest BCUT2D eigenvalue weighted by Crippen LogP contribution is 2.35. The topological polar surface area (TPSA) is 124 Å². The molecule has 3 aromatic rings. The van der Waals surface area contributed by atoms with Gasteiger partial charge in [0.1, 0.15) is 11.9 Å². The average molecular weight is 542 g/mol. The third-order valence-corrected chi connectivity index (χ3v) is 7.74. The molecule has 4 heterocycles. The Morgan fingerprint density at radius 1 is 1.19 bits per heavy atom. The van der Waals surface area contributed by atoms with Crippen LogP contribution in [0, 0.1) is 18.3 Å². The largest absolute Gasteiger partial charge is 0.340 e. The molecule has 0 bridgehead atoms. The lowest BCUT2D eigenvalue weighted by atomic mass is 9.98. The molecule has 1 aromatic carbocycles. The number of nitrogens with zero attached hydrogens (tertiary/aromatic N) is 6. The lowest BCUT2D eigenvalue weighted by Crippen LogP contribution is -2.39. The first-order valence-electron chi connectivity index (χ1n) is 12.3. The van der Waals surface area contributed by atoms with E-state index in [0.29, 0.717) is 17.2 Å². The smallest absolute Gasteiger partial charge is 0.256 e. The van der Waals surface area contributed by atoms with Crippen LogP contribution >= 0.6 is 11.6 Å². The van der Waals surface area contributed by atoms with Crippen molar-refractivity contribution < 1.29 is 13.2 Å². The van der Waals surface area contributed by atoms with Crippen LogP contribution in [-0.4, -0.2) is 59.2 Å². The Hall–Kier alpha value is -3.36. The lowest BCUT2D eigenvalue weighted by molar-refractivity contribution is 0.0607. The number of nitriles is 1. The molecule has 2 saturated heterocycles. The number of nitrogens with one attached hydrogen (secondary N) is 1. The Balaban J connectivity index is 1.50. The second-order valence-corrected chi connectivity index (χ2v) is 11.9. The number of hydrogen-bond donors (Lipinski definition) is 1. The fourth-order valence-electron chi connectivity index (χ4n) is 5.25. The second kappa shape index (κ2) is 9.84. The van der Waals surface area contributed by atoms with Crippen molar-refractivity contribution in [1.82, 2.24) is 19.5 Å². The molecule has 0 saturated carbocycles. The van der Waals surface area contributed by atoms with Gasteiger partial charge in [0.05, 0.1) is 35.3 Å². The Morgan fingerprint density at radius 2 is 2.00 bits per heavy atom. The number of hydrogen-bond acceptors (Lipinski definition) is 7. The molecule has 2 atom stereocenters. The van der Waals surface area contributed by atoms with Gasteiger partial charge in [-0.1, -0.05) is 11.6 Å². The predicted octanol–water partition coefficient (Wildman–Crippen LogP) is 3.92. The van der Waals surface area contributed by atoms with Crippen molar-refractivity contribution >= 4 is 44.7 Å². The fourth-order valence-corrected chi connectivity index (χ4v) is 6.00. The second-order valence-electron chi connectivity index (χ2n) is 9.67. The predicted molar refractivity (Wildman–Crippen MR) is 141 cm³/mol. The van der Waals surface area contributed by atoms with E-state index in [1.54, 1.807) is 15.5 Å². The van der Waals surface area contributed by atoms with Crippen LogP contribution in [0.4, 0.5) is 11.5 Å². The number of carbonyl (C=O) groups excluding carboxylic acids is 1. The highest BCUT2D eigenvalue weighted by atomic mass is 35.5. The first kappa shape index (κ1) is 25.3. The van der Waals surface area contributed by atoms with E-state index >= 15 is 0 Å². The van der Waals surface area contributed by atoms with Crippen LogP contribution < -0.4 is 9.62 Å². The van der Waals surface area contributed by atoms with E-state index in [4.69, 9.17) is 21.7 Å². The van der Waals surface area contributed by atoms with Gasteiger partial charge < -0.3 is 9.80 Å². The van der Waals surface area contributed by atoms with Crippen molar-refractivity contribution in [3.05, 3.63) is 52.3 Å². The Labute approximate surface area is 220 Å². The summed E-state index contributed by atoms with van der Waals surface area (Å²) in [4.78, 5) is 22.4. The van der Waals surface area contributed by atoms with E-state index in [2.05, 4.69) is 10.8 Å². The number of piperidine rings is 1. The van der Waals surface area contributed by atoms with Crippen molar-refractivity contribution in [3.63, 3.8) is 0 Å². The summed E-state index contributed by atoms with van der Waals surface area (Å²) in [5.74, 6) is 0.476. The number of carbonyl (C=O) groups is 1. The minimum Gasteiger partial charge on any atom is -0.340 e. The summed E-state index contributed by atoms with van der Waals surface area (Å²) in [5, 5.41) is 14.6. The molecular formula is C25H28ClN7O3S. The molecule has 194 valence electrons. The van der Waals surface area contributed by atoms with Gasteiger partial charge >= 0.3 is 0 Å². The molecular weight excluding hydrogens is 514 g/mol. The lowest BCUT2D eigenvalue weighted by Gasteiger charge is -2.35. The van der Waals surface area contributed by atoms with Crippen LogP contribution in [0.3, 0.4) is 0 Å². The van der Waals surface area contributed by atoms with Crippen LogP contribution in [0.2, 0.25) is 5.02 Å². The summed E-state index contributed by atoms with van der Waals surface area (Å²) in [7, 11) is -3.59. The Kier molecular flexibility index (Phi) is 6.72. The summed E-state index contributed by atoms with van der Waals surface area (Å²) in [6.07, 6.45) is 7.21. The Morgan fingerprint density at radius 3 is 2.76 bits per heavy atom. The van der Waals surface area contributed by atoms with Gasteiger partial charge in [0.15, 0.2) is 5.65 Å². The molecule has 5 rings (SSSR count). The fraction of sp³-hybridized carbons (Fsp3) is 0.440. The number of aromatic nitrogens is 3. The number of fused-ring (bicyclic) bond motifs is 1. The molecule has 1 amide bonds. The van der Waals surface area contributed by atoms with E-state index in [1.165, 1.54) is 12.1 Å². The van der Waals surface area contributed by atoms with Gasteiger partial charge in [-0.05, 0) is 57.2 Å². The summed E-state index contributed by atoms with van der Waals surface area (Å²) in [6, 6.07) is 8.32. The maximum Gasteiger partial charge on any atom is 0.256 e. The standard InChI is InChI=1S/C25H28ClN7O3S/c1-16-15-33-23(28-24(16)31-11-5-6-18(31)14-27)13-21(29-33)22-7-3-4-10-32(22)25(34)19-12-17(26)8-9-20(19)30-37(2,35)36/h8-9,12-13,15,18,22,30H,3-7,10-11H2,1-2H3. The van der Waals surface area contributed by atoms with Crippen molar-refractivity contribution in [2.24, 2.45) is 0 Å². The zero-order chi connectivity index (χ0) is 26.3. The summed E-state index contributed by atoms with van der Waals surface area (Å²) in [5.41, 5.74) is 2.68. The molecule has 1 N–H and O–H groups in total. The number of anilines is 2. The third kappa shape index (κ3) is 5.08. The highest BCUT2D eigenvalue weighted by Gasteiger charge is 2.33. The van der Waals surface area contributed by atoms with Crippen molar-refractivity contribution in [2.45, 2.75) is 51.1 Å². The van der Waals surface area contributed by atoms with Gasteiger partial charge in [-0.3, -0.25) is 9.52 Å². The molecule has 2 unspecified atom stereocenters. The van der Waals surface area contributed by atoms with Gasteiger partial charge in [0, 0.05) is 35.9 Å². The molecule has 12 heteroatoms. The molecule has 0 radical (unpaired) electrons. The molecule has 2 fully saturated rings. The van der Waals surface area contributed by atoms with Gasteiger partial charge in [-0.15, -0.1) is 0 Å². The first-order chi connectivity index (χ1) is 17.6. The number of amides is 1. The summed E-state index contributed by atoms with van der Waals surface area (Å²) >= 11 is 6.19. The number of likely N-dealkylation sites (tertiary alicyclic amines) is 1. The van der Waals surface area contributed by atoms with Gasteiger partial charge in [-0.25, -0.2) is 17.9 Å². The summed E-state index contributed by atoms with van der Waals surface area (Å²) in [6.45, 7) is 3.26. The number of halogens is 1. The number of aryl methyl sites for hydroxylation is 1. The van der Waals surface area contributed by atoms with Gasteiger partial charge in [0.25, 0.3) is 5.91 Å². The van der Waals surface area contributed by atoms with Crippen molar-refractivity contribution in [3.8, 4) is 6.07 Å². The van der Waals surface area contributed by atoms with E-state index in [0.717, 1.165) is 62.0 Å². The minimum absolute atomic E-state index is 0.185. The van der Waals surface area contributed by atoms with Crippen molar-refractivity contribution in [2.75, 3.05) is 29.0 Å². The summed E-state index contributed by atoms with van der Waals surface area (Å²) < 4.78 is 28.0. The van der Waals surface area contributed by atoms with E-state index < -0.39 is 10.0 Å².